The van der Waals surface area contributed by atoms with Crippen LogP contribution in [0.2, 0.25) is 0 Å². The third-order valence-corrected chi connectivity index (χ3v) is 3.62. The van der Waals surface area contributed by atoms with E-state index in [4.69, 9.17) is 5.73 Å². The third-order valence-electron chi connectivity index (χ3n) is 2.97. The molecule has 1 rings (SSSR count). The van der Waals surface area contributed by atoms with E-state index in [1.54, 1.807) is 11.8 Å². The van der Waals surface area contributed by atoms with E-state index in [1.807, 2.05) is 36.6 Å². The molecule has 0 aliphatic heterocycles. The molecule has 5 nitrogen and oxygen atoms in total. The Bertz CT molecular complexity index is 440. The van der Waals surface area contributed by atoms with E-state index in [0.29, 0.717) is 13.0 Å². The van der Waals surface area contributed by atoms with Gasteiger partial charge in [-0.1, -0.05) is 30.3 Å². The van der Waals surface area contributed by atoms with Crippen molar-refractivity contribution in [2.45, 2.75) is 18.9 Å². The minimum Gasteiger partial charge on any atom is -0.354 e. The van der Waals surface area contributed by atoms with Crippen LogP contribution in [0.15, 0.2) is 30.3 Å². The Morgan fingerprint density at radius 3 is 2.62 bits per heavy atom. The summed E-state index contributed by atoms with van der Waals surface area (Å²) in [5.74, 6) is 0.358. The molecular weight excluding hydrogens is 286 g/mol. The van der Waals surface area contributed by atoms with Crippen molar-refractivity contribution >= 4 is 23.6 Å². The molecule has 1 aromatic rings. The van der Waals surface area contributed by atoms with Gasteiger partial charge in [-0.15, -0.1) is 0 Å². The van der Waals surface area contributed by atoms with Crippen LogP contribution >= 0.6 is 11.8 Å². The lowest BCUT2D eigenvalue weighted by molar-refractivity contribution is -0.126. The van der Waals surface area contributed by atoms with Gasteiger partial charge in [0.1, 0.15) is 0 Å². The van der Waals surface area contributed by atoms with Gasteiger partial charge in [-0.2, -0.15) is 11.8 Å². The first-order valence-corrected chi connectivity index (χ1v) is 8.35. The Morgan fingerprint density at radius 2 is 1.95 bits per heavy atom. The molecule has 1 aromatic carbocycles. The van der Waals surface area contributed by atoms with Crippen LogP contribution in [0.25, 0.3) is 0 Å². The number of nitrogens with two attached hydrogens (primary N) is 1. The van der Waals surface area contributed by atoms with E-state index in [1.165, 1.54) is 5.56 Å². The number of amides is 2. The maximum absolute atomic E-state index is 11.6. The Kier molecular flexibility index (Phi) is 8.54. The highest BCUT2D eigenvalue weighted by Crippen LogP contribution is 1.99. The number of thioether (sulfide) groups is 1. The van der Waals surface area contributed by atoms with Gasteiger partial charge in [0.25, 0.3) is 0 Å². The predicted octanol–water partition coefficient (Wildman–Crippen LogP) is 0.542. The molecule has 0 spiro atoms. The van der Waals surface area contributed by atoms with Gasteiger partial charge in [0.05, 0.1) is 12.6 Å². The number of carbonyl (C=O) groups is 2. The van der Waals surface area contributed by atoms with Gasteiger partial charge in [0, 0.05) is 6.54 Å². The van der Waals surface area contributed by atoms with Crippen molar-refractivity contribution in [3.05, 3.63) is 35.9 Å². The predicted molar refractivity (Wildman–Crippen MR) is 87.1 cm³/mol. The molecule has 21 heavy (non-hydrogen) atoms. The first-order valence-electron chi connectivity index (χ1n) is 6.96. The van der Waals surface area contributed by atoms with Gasteiger partial charge in [0.15, 0.2) is 0 Å². The van der Waals surface area contributed by atoms with E-state index in [2.05, 4.69) is 10.6 Å². The summed E-state index contributed by atoms with van der Waals surface area (Å²) in [4.78, 5) is 23.2. The number of rotatable bonds is 9. The summed E-state index contributed by atoms with van der Waals surface area (Å²) in [5.41, 5.74) is 6.88. The minimum absolute atomic E-state index is 0.0272. The van der Waals surface area contributed by atoms with Crippen LogP contribution in [0.1, 0.15) is 12.0 Å². The Labute approximate surface area is 130 Å². The number of carbonyl (C=O) groups excluding carboxylic acids is 2. The zero-order valence-corrected chi connectivity index (χ0v) is 13.1. The van der Waals surface area contributed by atoms with Crippen molar-refractivity contribution in [1.29, 1.82) is 0 Å². The Morgan fingerprint density at radius 1 is 1.24 bits per heavy atom. The molecule has 0 bridgehead atoms. The second kappa shape index (κ2) is 10.2. The molecule has 0 fully saturated rings. The van der Waals surface area contributed by atoms with E-state index < -0.39 is 6.04 Å². The second-order valence-corrected chi connectivity index (χ2v) is 5.68. The first-order chi connectivity index (χ1) is 10.1. The van der Waals surface area contributed by atoms with Gasteiger partial charge < -0.3 is 16.4 Å². The smallest absolute Gasteiger partial charge is 0.239 e. The van der Waals surface area contributed by atoms with E-state index in [9.17, 15) is 9.59 Å². The lowest BCUT2D eigenvalue weighted by Crippen LogP contribution is -2.45. The van der Waals surface area contributed by atoms with Crippen molar-refractivity contribution in [2.24, 2.45) is 5.73 Å². The van der Waals surface area contributed by atoms with Crippen molar-refractivity contribution in [1.82, 2.24) is 10.6 Å². The van der Waals surface area contributed by atoms with Gasteiger partial charge in [-0.05, 0) is 30.4 Å². The highest BCUT2D eigenvalue weighted by atomic mass is 32.2. The highest BCUT2D eigenvalue weighted by Gasteiger charge is 2.13. The topological polar surface area (TPSA) is 84.2 Å². The SMILES string of the molecule is CSCC[C@H](N)C(=O)NCC(=O)NCCc1ccccc1. The lowest BCUT2D eigenvalue weighted by atomic mass is 10.1. The quantitative estimate of drug-likeness (QED) is 0.622. The largest absolute Gasteiger partial charge is 0.354 e. The van der Waals surface area contributed by atoms with E-state index >= 15 is 0 Å². The Balaban J connectivity index is 2.15. The maximum Gasteiger partial charge on any atom is 0.239 e. The van der Waals surface area contributed by atoms with Crippen LogP contribution < -0.4 is 16.4 Å². The molecule has 0 saturated carbocycles. The van der Waals surface area contributed by atoms with Gasteiger partial charge in [0.2, 0.25) is 11.8 Å². The van der Waals surface area contributed by atoms with Gasteiger partial charge in [-0.3, -0.25) is 9.59 Å². The summed E-state index contributed by atoms with van der Waals surface area (Å²) in [6.07, 6.45) is 3.35. The van der Waals surface area contributed by atoms with Crippen molar-refractivity contribution in [3.63, 3.8) is 0 Å². The molecule has 116 valence electrons. The van der Waals surface area contributed by atoms with Gasteiger partial charge in [-0.25, -0.2) is 0 Å². The van der Waals surface area contributed by atoms with Crippen LogP contribution in [0, 0.1) is 0 Å². The van der Waals surface area contributed by atoms with Crippen molar-refractivity contribution in [3.8, 4) is 0 Å². The fraction of sp³-hybridized carbons (Fsp3) is 0.467. The number of nitrogens with one attached hydrogen (secondary N) is 2. The molecule has 0 radical (unpaired) electrons. The third kappa shape index (κ3) is 7.72. The zero-order valence-electron chi connectivity index (χ0n) is 12.3. The minimum atomic E-state index is -0.547. The van der Waals surface area contributed by atoms with Crippen molar-refractivity contribution in [2.75, 3.05) is 25.1 Å². The molecule has 0 heterocycles. The summed E-state index contributed by atoms with van der Waals surface area (Å²) in [6.45, 7) is 0.526. The van der Waals surface area contributed by atoms with Crippen LogP contribution in [-0.2, 0) is 16.0 Å². The molecule has 0 aromatic heterocycles. The van der Waals surface area contributed by atoms with Crippen LogP contribution in [0.5, 0.6) is 0 Å². The molecule has 0 aliphatic carbocycles. The van der Waals surface area contributed by atoms with Crippen LogP contribution in [0.4, 0.5) is 0 Å². The first kappa shape index (κ1) is 17.5. The molecule has 1 atom stereocenters. The van der Waals surface area contributed by atoms with Crippen LogP contribution in [0.3, 0.4) is 0 Å². The zero-order chi connectivity index (χ0) is 15.5. The van der Waals surface area contributed by atoms with Crippen LogP contribution in [-0.4, -0.2) is 43.0 Å². The van der Waals surface area contributed by atoms with Gasteiger partial charge >= 0.3 is 0 Å². The monoisotopic (exact) mass is 309 g/mol. The molecule has 4 N–H and O–H groups in total. The number of hydrogen-bond acceptors (Lipinski definition) is 4. The molecule has 6 heteroatoms. The fourth-order valence-electron chi connectivity index (χ4n) is 1.73. The molecular formula is C15H23N3O2S. The molecule has 0 aliphatic rings. The number of hydrogen-bond donors (Lipinski definition) is 3. The summed E-state index contributed by atoms with van der Waals surface area (Å²) < 4.78 is 0. The molecule has 0 unspecified atom stereocenters. The highest BCUT2D eigenvalue weighted by molar-refractivity contribution is 7.98. The van der Waals surface area contributed by atoms with E-state index in [-0.39, 0.29) is 18.4 Å². The summed E-state index contributed by atoms with van der Waals surface area (Å²) in [6, 6.07) is 9.37. The summed E-state index contributed by atoms with van der Waals surface area (Å²) in [7, 11) is 0. The standard InChI is InChI=1S/C15H23N3O2S/c1-21-10-8-13(16)15(20)18-11-14(19)17-9-7-12-5-3-2-4-6-12/h2-6,13H,7-11,16H2,1H3,(H,17,19)(H,18,20)/t13-/m0/s1. The van der Waals surface area contributed by atoms with Crippen molar-refractivity contribution < 1.29 is 9.59 Å². The van der Waals surface area contributed by atoms with E-state index in [0.717, 1.165) is 12.2 Å². The fourth-order valence-corrected chi connectivity index (χ4v) is 2.22. The summed E-state index contributed by atoms with van der Waals surface area (Å²) in [5, 5.41) is 5.32. The average Bonchev–Trinajstić information content (AvgIpc) is 2.51. The Hall–Kier alpha value is -1.53. The normalized spacial score (nSPS) is 11.7. The average molecular weight is 309 g/mol. The molecule has 0 saturated heterocycles. The maximum atomic E-state index is 11.6. The second-order valence-electron chi connectivity index (χ2n) is 4.69. The number of benzene rings is 1. The lowest BCUT2D eigenvalue weighted by Gasteiger charge is -2.11. The summed E-state index contributed by atoms with van der Waals surface area (Å²) >= 11 is 1.64. The molecule has 2 amide bonds.